The lowest BCUT2D eigenvalue weighted by atomic mass is 10.00. The second-order valence-electron chi connectivity index (χ2n) is 5.97. The second kappa shape index (κ2) is 8.61. The summed E-state index contributed by atoms with van der Waals surface area (Å²) in [6.45, 7) is 4.45. The summed E-state index contributed by atoms with van der Waals surface area (Å²) in [6.07, 6.45) is 0.953. The summed E-state index contributed by atoms with van der Waals surface area (Å²) >= 11 is 2.72. The van der Waals surface area contributed by atoms with E-state index in [1.54, 1.807) is 4.52 Å². The highest BCUT2D eigenvalue weighted by Gasteiger charge is 2.22. The summed E-state index contributed by atoms with van der Waals surface area (Å²) < 4.78 is 7.70. The number of aromatic nitrogens is 4. The van der Waals surface area contributed by atoms with Crippen LogP contribution in [0.1, 0.15) is 37.7 Å². The first-order valence-electron chi connectivity index (χ1n) is 8.38. The first-order valence-corrected chi connectivity index (χ1v) is 10.2. The van der Waals surface area contributed by atoms with Crippen LogP contribution in [0.3, 0.4) is 0 Å². The average Bonchev–Trinajstić information content (AvgIpc) is 3.24. The Hall–Kier alpha value is -1.97. The van der Waals surface area contributed by atoms with E-state index in [0.29, 0.717) is 10.8 Å². The predicted molar refractivity (Wildman–Crippen MR) is 102 cm³/mol. The van der Waals surface area contributed by atoms with Crippen LogP contribution in [0.25, 0.3) is 4.96 Å². The molecular weight excluding hydrogens is 370 g/mol. The maximum absolute atomic E-state index is 11.9. The van der Waals surface area contributed by atoms with Crippen LogP contribution in [0.5, 0.6) is 0 Å². The van der Waals surface area contributed by atoms with Crippen LogP contribution in [0.2, 0.25) is 0 Å². The third-order valence-corrected chi connectivity index (χ3v) is 6.11. The minimum Gasteiger partial charge on any atom is -0.460 e. The van der Waals surface area contributed by atoms with Crippen LogP contribution < -0.4 is 5.73 Å². The summed E-state index contributed by atoms with van der Waals surface area (Å²) in [7, 11) is 0. The van der Waals surface area contributed by atoms with Crippen molar-refractivity contribution in [1.29, 1.82) is 0 Å². The lowest BCUT2D eigenvalue weighted by molar-refractivity contribution is -0.141. The standard InChI is InChI=1S/C17H21N5O2S2/c1-3-11(2)14(18)15-19-20-16-22(15)21-17(26-16)25-10-13(23)24-9-12-7-5-4-6-8-12/h4-8,11,14H,3,9-10,18H2,1-2H3. The summed E-state index contributed by atoms with van der Waals surface area (Å²) in [6, 6.07) is 9.39. The van der Waals surface area contributed by atoms with E-state index >= 15 is 0 Å². The number of hydrogen-bond acceptors (Lipinski definition) is 8. The van der Waals surface area contributed by atoms with Gasteiger partial charge in [-0.25, -0.2) is 0 Å². The topological polar surface area (TPSA) is 95.4 Å². The molecule has 0 aliphatic carbocycles. The van der Waals surface area contributed by atoms with Crippen molar-refractivity contribution in [2.24, 2.45) is 11.7 Å². The van der Waals surface area contributed by atoms with Gasteiger partial charge in [0.1, 0.15) is 6.61 Å². The normalized spacial score (nSPS) is 13.7. The van der Waals surface area contributed by atoms with Gasteiger partial charge in [-0.05, 0) is 11.5 Å². The van der Waals surface area contributed by atoms with Crippen LogP contribution >= 0.6 is 23.1 Å². The molecule has 0 fully saturated rings. The van der Waals surface area contributed by atoms with Gasteiger partial charge in [0.15, 0.2) is 10.2 Å². The fourth-order valence-electron chi connectivity index (χ4n) is 2.29. The zero-order valence-electron chi connectivity index (χ0n) is 14.7. The van der Waals surface area contributed by atoms with Gasteiger partial charge >= 0.3 is 5.97 Å². The fraction of sp³-hybridized carbons (Fsp3) is 0.412. The quantitative estimate of drug-likeness (QED) is 0.466. The molecule has 26 heavy (non-hydrogen) atoms. The molecule has 7 nitrogen and oxygen atoms in total. The van der Waals surface area contributed by atoms with Crippen molar-refractivity contribution in [3.05, 3.63) is 41.7 Å². The Kier molecular flexibility index (Phi) is 6.23. The summed E-state index contributed by atoms with van der Waals surface area (Å²) in [4.78, 5) is 12.6. The summed E-state index contributed by atoms with van der Waals surface area (Å²) in [5.41, 5.74) is 7.21. The molecule has 0 radical (unpaired) electrons. The number of esters is 1. The largest absolute Gasteiger partial charge is 0.460 e. The highest BCUT2D eigenvalue weighted by atomic mass is 32.2. The molecule has 0 saturated heterocycles. The zero-order chi connectivity index (χ0) is 18.5. The average molecular weight is 392 g/mol. The molecular formula is C17H21N5O2S2. The molecule has 9 heteroatoms. The molecule has 0 aliphatic heterocycles. The first kappa shape index (κ1) is 18.8. The molecule has 2 heterocycles. The number of nitrogens with zero attached hydrogens (tertiary/aromatic N) is 4. The van der Waals surface area contributed by atoms with Gasteiger partial charge in [-0.2, -0.15) is 4.52 Å². The summed E-state index contributed by atoms with van der Waals surface area (Å²) in [5, 5.41) is 12.8. The van der Waals surface area contributed by atoms with Gasteiger partial charge in [0, 0.05) is 0 Å². The number of nitrogens with two attached hydrogens (primary N) is 1. The van der Waals surface area contributed by atoms with E-state index in [9.17, 15) is 4.79 Å². The predicted octanol–water partition coefficient (Wildman–Crippen LogP) is 3.07. The molecule has 0 saturated carbocycles. The van der Waals surface area contributed by atoms with E-state index in [2.05, 4.69) is 29.1 Å². The van der Waals surface area contributed by atoms with Crippen LogP contribution in [0, 0.1) is 5.92 Å². The minimum atomic E-state index is -0.277. The molecule has 0 aliphatic rings. The smallest absolute Gasteiger partial charge is 0.316 e. The fourth-order valence-corrected chi connectivity index (χ4v) is 3.97. The van der Waals surface area contributed by atoms with Crippen molar-refractivity contribution in [3.8, 4) is 0 Å². The molecule has 2 unspecified atom stereocenters. The number of ether oxygens (including phenoxy) is 1. The van der Waals surface area contributed by atoms with Crippen molar-refractivity contribution in [3.63, 3.8) is 0 Å². The Bertz CT molecular complexity index is 865. The molecule has 2 atom stereocenters. The summed E-state index contributed by atoms with van der Waals surface area (Å²) in [5.74, 6) is 0.863. The molecule has 138 valence electrons. The van der Waals surface area contributed by atoms with Gasteiger partial charge in [-0.1, -0.05) is 73.7 Å². The first-order chi connectivity index (χ1) is 12.6. The maximum Gasteiger partial charge on any atom is 0.316 e. The molecule has 1 aromatic carbocycles. The highest BCUT2D eigenvalue weighted by Crippen LogP contribution is 2.27. The monoisotopic (exact) mass is 391 g/mol. The third kappa shape index (κ3) is 4.40. The minimum absolute atomic E-state index is 0.198. The number of fused-ring (bicyclic) bond motifs is 1. The third-order valence-electron chi connectivity index (χ3n) is 4.11. The Morgan fingerprint density at radius 1 is 1.35 bits per heavy atom. The van der Waals surface area contributed by atoms with E-state index < -0.39 is 0 Å². The number of benzene rings is 1. The molecule has 3 rings (SSSR count). The number of hydrogen-bond donors (Lipinski definition) is 1. The Morgan fingerprint density at radius 2 is 2.12 bits per heavy atom. The molecule has 0 amide bonds. The molecule has 0 bridgehead atoms. The Labute approximate surface area is 160 Å². The second-order valence-corrected chi connectivity index (χ2v) is 8.15. The highest BCUT2D eigenvalue weighted by molar-refractivity contribution is 8.01. The number of carbonyl (C=O) groups excluding carboxylic acids is 1. The lowest BCUT2D eigenvalue weighted by Crippen LogP contribution is -2.21. The van der Waals surface area contributed by atoms with Gasteiger partial charge in [-0.15, -0.1) is 15.3 Å². The van der Waals surface area contributed by atoms with Crippen molar-refractivity contribution in [2.45, 2.75) is 37.3 Å². The number of thioether (sulfide) groups is 1. The molecule has 2 aromatic heterocycles. The van der Waals surface area contributed by atoms with E-state index in [-0.39, 0.29) is 30.3 Å². The lowest BCUT2D eigenvalue weighted by Gasteiger charge is -2.15. The molecule has 3 aromatic rings. The van der Waals surface area contributed by atoms with Crippen molar-refractivity contribution in [1.82, 2.24) is 19.8 Å². The Morgan fingerprint density at radius 3 is 2.85 bits per heavy atom. The van der Waals surface area contributed by atoms with Gasteiger partial charge in [0.2, 0.25) is 4.96 Å². The number of rotatable bonds is 8. The van der Waals surface area contributed by atoms with E-state index in [0.717, 1.165) is 16.3 Å². The molecule has 0 spiro atoms. The van der Waals surface area contributed by atoms with Crippen molar-refractivity contribution < 1.29 is 9.53 Å². The van der Waals surface area contributed by atoms with E-state index in [4.69, 9.17) is 10.5 Å². The van der Waals surface area contributed by atoms with E-state index in [1.807, 2.05) is 30.3 Å². The zero-order valence-corrected chi connectivity index (χ0v) is 16.3. The van der Waals surface area contributed by atoms with Gasteiger partial charge in [0.25, 0.3) is 0 Å². The maximum atomic E-state index is 11.9. The van der Waals surface area contributed by atoms with Crippen LogP contribution in [0.15, 0.2) is 34.7 Å². The molecule has 2 N–H and O–H groups in total. The SMILES string of the molecule is CCC(C)C(N)c1nnc2sc(SCC(=O)OCc3ccccc3)nn12. The van der Waals surface area contributed by atoms with Gasteiger partial charge < -0.3 is 10.5 Å². The van der Waals surface area contributed by atoms with Crippen LogP contribution in [-0.4, -0.2) is 31.5 Å². The van der Waals surface area contributed by atoms with Crippen molar-refractivity contribution in [2.75, 3.05) is 5.75 Å². The van der Waals surface area contributed by atoms with Crippen molar-refractivity contribution >= 4 is 34.0 Å². The van der Waals surface area contributed by atoms with E-state index in [1.165, 1.54) is 23.1 Å². The number of carbonyl (C=O) groups is 1. The van der Waals surface area contributed by atoms with Crippen LogP contribution in [0.4, 0.5) is 0 Å². The van der Waals surface area contributed by atoms with Crippen LogP contribution in [-0.2, 0) is 16.1 Å². The van der Waals surface area contributed by atoms with Gasteiger partial charge in [-0.3, -0.25) is 4.79 Å². The Balaban J connectivity index is 1.57. The van der Waals surface area contributed by atoms with Gasteiger partial charge in [0.05, 0.1) is 11.8 Å².